The highest BCUT2D eigenvalue weighted by Gasteiger charge is 2.21. The van der Waals surface area contributed by atoms with Gasteiger partial charge in [-0.3, -0.25) is 9.89 Å². The Hall–Kier alpha value is -3.82. The van der Waals surface area contributed by atoms with E-state index in [9.17, 15) is 4.79 Å². The summed E-state index contributed by atoms with van der Waals surface area (Å²) in [5.41, 5.74) is 9.44. The summed E-state index contributed by atoms with van der Waals surface area (Å²) in [4.78, 5) is 26.2. The molecule has 0 saturated carbocycles. The highest BCUT2D eigenvalue weighted by atomic mass is 35.5. The predicted octanol–water partition coefficient (Wildman–Crippen LogP) is 3.56. The highest BCUT2D eigenvalue weighted by Crippen LogP contribution is 2.26. The van der Waals surface area contributed by atoms with Gasteiger partial charge in [-0.1, -0.05) is 41.9 Å². The van der Waals surface area contributed by atoms with Crippen molar-refractivity contribution in [2.24, 2.45) is 0 Å². The molecular formula is C25H25ClN8O. The van der Waals surface area contributed by atoms with E-state index >= 15 is 0 Å². The Bertz CT molecular complexity index is 1350. The van der Waals surface area contributed by atoms with Crippen molar-refractivity contribution in [3.05, 3.63) is 76.7 Å². The quantitative estimate of drug-likeness (QED) is 0.326. The van der Waals surface area contributed by atoms with Gasteiger partial charge in [-0.25, -0.2) is 15.0 Å². The number of piperidine rings is 1. The molecule has 2 aromatic carbocycles. The lowest BCUT2D eigenvalue weighted by molar-refractivity contribution is 0.0951. The molecule has 1 saturated heterocycles. The van der Waals surface area contributed by atoms with Crippen molar-refractivity contribution in [1.29, 1.82) is 0 Å². The minimum absolute atomic E-state index is 0.232. The van der Waals surface area contributed by atoms with E-state index in [2.05, 4.69) is 30.8 Å². The molecule has 1 aliphatic rings. The van der Waals surface area contributed by atoms with Crippen LogP contribution in [0.15, 0.2) is 54.7 Å². The van der Waals surface area contributed by atoms with Gasteiger partial charge in [0.25, 0.3) is 5.91 Å². The molecule has 1 amide bonds. The van der Waals surface area contributed by atoms with Gasteiger partial charge in [-0.2, -0.15) is 5.10 Å². The van der Waals surface area contributed by atoms with Gasteiger partial charge in [0, 0.05) is 24.6 Å². The number of hydrogen-bond acceptors (Lipinski definition) is 7. The highest BCUT2D eigenvalue weighted by molar-refractivity contribution is 6.33. The summed E-state index contributed by atoms with van der Waals surface area (Å²) < 4.78 is 0. The second kappa shape index (κ2) is 10.2. The molecule has 35 heavy (non-hydrogen) atoms. The molecule has 0 aliphatic carbocycles. The number of aromatic nitrogens is 5. The number of nitrogens with two attached hydrogens (primary N) is 1. The van der Waals surface area contributed by atoms with Crippen molar-refractivity contribution in [3.8, 4) is 22.8 Å². The minimum atomic E-state index is -0.232. The number of carbonyl (C=O) groups is 1. The lowest BCUT2D eigenvalue weighted by Crippen LogP contribution is -2.28. The van der Waals surface area contributed by atoms with E-state index in [1.165, 1.54) is 0 Å². The first kappa shape index (κ1) is 22.9. The lowest BCUT2D eigenvalue weighted by atomic mass is 9.99. The van der Waals surface area contributed by atoms with Crippen LogP contribution in [0.3, 0.4) is 0 Å². The molecule has 5 rings (SSSR count). The molecule has 0 radical (unpaired) electrons. The molecule has 0 unspecified atom stereocenters. The average molecular weight is 489 g/mol. The molecule has 9 nitrogen and oxygen atoms in total. The topological polar surface area (TPSA) is 134 Å². The molecule has 3 heterocycles. The van der Waals surface area contributed by atoms with Gasteiger partial charge in [0.05, 0.1) is 22.5 Å². The van der Waals surface area contributed by atoms with Gasteiger partial charge < -0.3 is 16.4 Å². The summed E-state index contributed by atoms with van der Waals surface area (Å²) in [6.45, 7) is 2.23. The number of benzene rings is 2. The molecule has 1 aliphatic heterocycles. The molecule has 10 heteroatoms. The van der Waals surface area contributed by atoms with Crippen molar-refractivity contribution in [1.82, 2.24) is 35.8 Å². The van der Waals surface area contributed by atoms with Crippen LogP contribution in [0.5, 0.6) is 0 Å². The molecule has 178 valence electrons. The predicted molar refractivity (Wildman–Crippen MR) is 135 cm³/mol. The van der Waals surface area contributed by atoms with Crippen molar-refractivity contribution in [3.63, 3.8) is 0 Å². The fraction of sp³-hybridized carbons (Fsp3) is 0.240. The van der Waals surface area contributed by atoms with Crippen LogP contribution in [-0.2, 0) is 6.54 Å². The van der Waals surface area contributed by atoms with Gasteiger partial charge in [-0.05, 0) is 43.1 Å². The van der Waals surface area contributed by atoms with Crippen LogP contribution in [0.25, 0.3) is 22.8 Å². The number of nitrogens with zero attached hydrogens (tertiary/aromatic N) is 4. The third-order valence-electron chi connectivity index (χ3n) is 5.98. The normalized spacial score (nSPS) is 15.6. The molecule has 0 bridgehead atoms. The number of rotatable bonds is 6. The molecule has 2 aromatic heterocycles. The third kappa shape index (κ3) is 5.16. The van der Waals surface area contributed by atoms with E-state index in [1.807, 2.05) is 24.3 Å². The Morgan fingerprint density at radius 1 is 1.17 bits per heavy atom. The first-order chi connectivity index (χ1) is 17.1. The summed E-state index contributed by atoms with van der Waals surface area (Å²) >= 11 is 6.13. The fourth-order valence-electron chi connectivity index (χ4n) is 4.11. The van der Waals surface area contributed by atoms with Crippen LogP contribution in [-0.4, -0.2) is 44.1 Å². The Balaban J connectivity index is 1.34. The molecule has 1 atom stereocenters. The van der Waals surface area contributed by atoms with Crippen molar-refractivity contribution in [2.45, 2.75) is 25.3 Å². The number of anilines is 1. The van der Waals surface area contributed by atoms with Crippen molar-refractivity contribution >= 4 is 23.3 Å². The molecule has 1 fully saturated rings. The Morgan fingerprint density at radius 3 is 2.89 bits per heavy atom. The molecule has 5 N–H and O–H groups in total. The van der Waals surface area contributed by atoms with E-state index < -0.39 is 0 Å². The summed E-state index contributed by atoms with van der Waals surface area (Å²) in [6, 6.07) is 14.7. The lowest BCUT2D eigenvalue weighted by Gasteiger charge is -2.19. The number of amides is 1. The van der Waals surface area contributed by atoms with E-state index in [-0.39, 0.29) is 17.6 Å². The van der Waals surface area contributed by atoms with Crippen LogP contribution in [0.2, 0.25) is 5.02 Å². The Labute approximate surface area is 207 Å². The minimum Gasteiger partial charge on any atom is -0.382 e. The van der Waals surface area contributed by atoms with Crippen LogP contribution in [0.1, 0.15) is 40.5 Å². The maximum absolute atomic E-state index is 12.5. The number of carbonyl (C=O) groups excluding carboxylic acids is 1. The first-order valence-electron chi connectivity index (χ1n) is 11.5. The second-order valence-electron chi connectivity index (χ2n) is 8.44. The van der Waals surface area contributed by atoms with Gasteiger partial charge in [0.15, 0.2) is 17.5 Å². The summed E-state index contributed by atoms with van der Waals surface area (Å²) in [6.07, 6.45) is 3.77. The third-order valence-corrected chi connectivity index (χ3v) is 6.31. The standard InChI is InChI=1S/C25H25ClN8O/c26-19-9-2-1-8-18(19)25(35)30-12-15-5-3-6-16(11-15)20-14-29-22(27)21(31-20)24-32-23(33-34-24)17-7-4-10-28-13-17/h1-3,5-6,8-9,11,14,17,28H,4,7,10,12-13H2,(H2,27,29)(H,30,35)(H,32,33,34)/t17-/m0/s1. The molecule has 0 spiro atoms. The smallest absolute Gasteiger partial charge is 0.253 e. The van der Waals surface area contributed by atoms with Gasteiger partial charge in [0.1, 0.15) is 5.69 Å². The number of nitrogen functional groups attached to an aromatic ring is 1. The summed E-state index contributed by atoms with van der Waals surface area (Å²) in [7, 11) is 0. The van der Waals surface area contributed by atoms with Gasteiger partial charge >= 0.3 is 0 Å². The largest absolute Gasteiger partial charge is 0.382 e. The van der Waals surface area contributed by atoms with E-state index in [0.717, 1.165) is 42.9 Å². The van der Waals surface area contributed by atoms with Crippen LogP contribution in [0.4, 0.5) is 5.82 Å². The zero-order valence-corrected chi connectivity index (χ0v) is 19.7. The van der Waals surface area contributed by atoms with E-state index in [1.54, 1.807) is 30.5 Å². The second-order valence-corrected chi connectivity index (χ2v) is 8.84. The van der Waals surface area contributed by atoms with Crippen molar-refractivity contribution < 1.29 is 4.79 Å². The maximum atomic E-state index is 12.5. The van der Waals surface area contributed by atoms with E-state index in [4.69, 9.17) is 22.3 Å². The van der Waals surface area contributed by atoms with E-state index in [0.29, 0.717) is 34.3 Å². The molecule has 4 aromatic rings. The summed E-state index contributed by atoms with van der Waals surface area (Å²) in [5, 5.41) is 14.1. The molecular weight excluding hydrogens is 464 g/mol. The number of hydrogen-bond donors (Lipinski definition) is 4. The van der Waals surface area contributed by atoms with Crippen LogP contribution < -0.4 is 16.4 Å². The van der Waals surface area contributed by atoms with Crippen LogP contribution in [0, 0.1) is 0 Å². The summed E-state index contributed by atoms with van der Waals surface area (Å²) in [5.74, 6) is 1.57. The first-order valence-corrected chi connectivity index (χ1v) is 11.8. The Morgan fingerprint density at radius 2 is 2.06 bits per heavy atom. The fourth-order valence-corrected chi connectivity index (χ4v) is 4.33. The van der Waals surface area contributed by atoms with Gasteiger partial charge in [-0.15, -0.1) is 0 Å². The zero-order chi connectivity index (χ0) is 24.2. The van der Waals surface area contributed by atoms with Crippen molar-refractivity contribution in [2.75, 3.05) is 18.8 Å². The monoisotopic (exact) mass is 488 g/mol. The SMILES string of the molecule is Nc1ncc(-c2cccc(CNC(=O)c3ccccc3Cl)c2)nc1-c1nc([C@H]2CCCNC2)n[nH]1. The van der Waals surface area contributed by atoms with Crippen LogP contribution >= 0.6 is 11.6 Å². The Kier molecular flexibility index (Phi) is 6.69. The zero-order valence-electron chi connectivity index (χ0n) is 19.0. The maximum Gasteiger partial charge on any atom is 0.253 e. The average Bonchev–Trinajstić information content (AvgIpc) is 3.39. The number of halogens is 1. The number of aromatic amines is 1. The number of nitrogens with one attached hydrogen (secondary N) is 3. The number of H-pyrrole nitrogens is 1. The van der Waals surface area contributed by atoms with Gasteiger partial charge in [0.2, 0.25) is 0 Å².